The van der Waals surface area contributed by atoms with Crippen LogP contribution in [0.2, 0.25) is 0 Å². The van der Waals surface area contributed by atoms with Gasteiger partial charge in [-0.05, 0) is 31.9 Å². The second kappa shape index (κ2) is 7.40. The van der Waals surface area contributed by atoms with Crippen LogP contribution in [0.15, 0.2) is 30.1 Å². The molecule has 0 bridgehead atoms. The Hall–Kier alpha value is -2.88. The number of pyridine rings is 1. The topological polar surface area (TPSA) is 106 Å². The summed E-state index contributed by atoms with van der Waals surface area (Å²) in [4.78, 5) is 28.9. The van der Waals surface area contributed by atoms with Crippen LogP contribution in [0, 0.1) is 24.2 Å². The number of anilines is 1. The smallest absolute Gasteiger partial charge is 0.306 e. The molecule has 1 aromatic rings. The summed E-state index contributed by atoms with van der Waals surface area (Å²) in [6.45, 7) is 2.56. The Labute approximate surface area is 134 Å². The minimum Gasteiger partial charge on any atom is -0.481 e. The summed E-state index contributed by atoms with van der Waals surface area (Å²) in [6.07, 6.45) is 3.80. The number of hydrogen-bond donors (Lipinski definition) is 2. The Morgan fingerprint density at radius 3 is 2.65 bits per heavy atom. The van der Waals surface area contributed by atoms with Crippen LogP contribution in [-0.2, 0) is 9.59 Å². The molecule has 1 aliphatic heterocycles. The molecule has 1 amide bonds. The lowest BCUT2D eigenvalue weighted by molar-refractivity contribution is -0.145. The van der Waals surface area contributed by atoms with Crippen LogP contribution in [0.4, 0.5) is 5.69 Å². The number of rotatable bonds is 4. The molecule has 1 aromatic heterocycles. The van der Waals surface area contributed by atoms with Gasteiger partial charge in [-0.15, -0.1) is 0 Å². The molecule has 0 saturated carbocycles. The minimum atomic E-state index is -0.832. The molecule has 0 spiro atoms. The quantitative estimate of drug-likeness (QED) is 0.645. The third-order valence-corrected chi connectivity index (χ3v) is 3.78. The van der Waals surface area contributed by atoms with Gasteiger partial charge in [0.25, 0.3) is 5.91 Å². The molecular weight excluding hydrogens is 296 g/mol. The third kappa shape index (κ3) is 4.30. The van der Waals surface area contributed by atoms with E-state index < -0.39 is 11.9 Å². The minimum absolute atomic E-state index is 0.0145. The van der Waals surface area contributed by atoms with E-state index in [1.807, 2.05) is 19.1 Å². The molecular formula is C16H18N4O3. The van der Waals surface area contributed by atoms with Gasteiger partial charge in [0.2, 0.25) is 0 Å². The average molecular weight is 314 g/mol. The fourth-order valence-electron chi connectivity index (χ4n) is 2.35. The third-order valence-electron chi connectivity index (χ3n) is 3.78. The molecule has 7 heteroatoms. The van der Waals surface area contributed by atoms with Crippen molar-refractivity contribution in [1.82, 2.24) is 9.88 Å². The standard InChI is InChI=1S/C16H18N4O3/c1-11-2-3-14(10-18-11)19-9-13(8-17)15(21)20-6-4-12(5-7-20)16(22)23/h2-3,9-10,12,19H,4-7H2,1H3,(H,22,23)/b13-9-. The van der Waals surface area contributed by atoms with Gasteiger partial charge in [-0.2, -0.15) is 5.26 Å². The summed E-state index contributed by atoms with van der Waals surface area (Å²) in [7, 11) is 0. The number of nitrogens with one attached hydrogen (secondary N) is 1. The number of likely N-dealkylation sites (tertiary alicyclic amines) is 1. The van der Waals surface area contributed by atoms with E-state index in [1.54, 1.807) is 12.3 Å². The number of aryl methyl sites for hydroxylation is 1. The van der Waals surface area contributed by atoms with Crippen molar-refractivity contribution in [1.29, 1.82) is 5.26 Å². The van der Waals surface area contributed by atoms with Gasteiger partial charge in [0.1, 0.15) is 11.6 Å². The lowest BCUT2D eigenvalue weighted by atomic mass is 9.97. The van der Waals surface area contributed by atoms with Crippen LogP contribution in [0.5, 0.6) is 0 Å². The van der Waals surface area contributed by atoms with E-state index in [4.69, 9.17) is 5.11 Å². The van der Waals surface area contributed by atoms with Crippen molar-refractivity contribution in [3.05, 3.63) is 35.8 Å². The maximum Gasteiger partial charge on any atom is 0.306 e. The number of aliphatic carboxylic acids is 1. The maximum absolute atomic E-state index is 12.3. The van der Waals surface area contributed by atoms with Crippen LogP contribution in [0.1, 0.15) is 18.5 Å². The summed E-state index contributed by atoms with van der Waals surface area (Å²) >= 11 is 0. The summed E-state index contributed by atoms with van der Waals surface area (Å²) in [5.74, 6) is -1.63. The molecule has 7 nitrogen and oxygen atoms in total. The number of piperidine rings is 1. The number of nitriles is 1. The number of carbonyl (C=O) groups excluding carboxylic acids is 1. The zero-order valence-corrected chi connectivity index (χ0v) is 12.8. The number of aromatic nitrogens is 1. The van der Waals surface area contributed by atoms with Gasteiger partial charge >= 0.3 is 5.97 Å². The number of hydrogen-bond acceptors (Lipinski definition) is 5. The highest BCUT2D eigenvalue weighted by molar-refractivity contribution is 5.97. The van der Waals surface area contributed by atoms with E-state index in [2.05, 4.69) is 10.3 Å². The van der Waals surface area contributed by atoms with Crippen molar-refractivity contribution in [2.24, 2.45) is 5.92 Å². The highest BCUT2D eigenvalue weighted by Gasteiger charge is 2.28. The Kier molecular flexibility index (Phi) is 5.31. The molecule has 1 aliphatic rings. The van der Waals surface area contributed by atoms with Crippen molar-refractivity contribution in [3.63, 3.8) is 0 Å². The average Bonchev–Trinajstić information content (AvgIpc) is 2.57. The van der Waals surface area contributed by atoms with Crippen molar-refractivity contribution in [2.75, 3.05) is 18.4 Å². The fourth-order valence-corrected chi connectivity index (χ4v) is 2.35. The van der Waals surface area contributed by atoms with Gasteiger partial charge in [0.15, 0.2) is 0 Å². The number of carboxylic acids is 1. The maximum atomic E-state index is 12.3. The Balaban J connectivity index is 1.99. The molecule has 120 valence electrons. The van der Waals surface area contributed by atoms with Gasteiger partial charge in [0, 0.05) is 25.0 Å². The van der Waals surface area contributed by atoms with E-state index >= 15 is 0 Å². The lowest BCUT2D eigenvalue weighted by Crippen LogP contribution is -2.40. The van der Waals surface area contributed by atoms with Crippen LogP contribution in [0.3, 0.4) is 0 Å². The summed E-state index contributed by atoms with van der Waals surface area (Å²) in [6, 6.07) is 5.51. The monoisotopic (exact) mass is 314 g/mol. The first-order valence-corrected chi connectivity index (χ1v) is 7.33. The molecule has 0 unspecified atom stereocenters. The van der Waals surface area contributed by atoms with Gasteiger partial charge < -0.3 is 15.3 Å². The number of nitrogens with zero attached hydrogens (tertiary/aromatic N) is 3. The van der Waals surface area contributed by atoms with Crippen molar-refractivity contribution in [2.45, 2.75) is 19.8 Å². The van der Waals surface area contributed by atoms with Crippen LogP contribution in [0.25, 0.3) is 0 Å². The number of carbonyl (C=O) groups is 2. The predicted octanol–water partition coefficient (Wildman–Crippen LogP) is 1.53. The first-order chi connectivity index (χ1) is 11.0. The molecule has 0 aromatic carbocycles. The van der Waals surface area contributed by atoms with Crippen molar-refractivity contribution < 1.29 is 14.7 Å². The first kappa shape index (κ1) is 16.5. The zero-order chi connectivity index (χ0) is 16.8. The van der Waals surface area contributed by atoms with E-state index in [1.165, 1.54) is 11.1 Å². The predicted molar refractivity (Wildman–Crippen MR) is 83.2 cm³/mol. The first-order valence-electron chi connectivity index (χ1n) is 7.33. The lowest BCUT2D eigenvalue weighted by Gasteiger charge is -2.29. The second-order valence-electron chi connectivity index (χ2n) is 5.41. The molecule has 23 heavy (non-hydrogen) atoms. The highest BCUT2D eigenvalue weighted by Crippen LogP contribution is 2.19. The molecule has 1 saturated heterocycles. The van der Waals surface area contributed by atoms with E-state index in [9.17, 15) is 14.9 Å². The van der Waals surface area contributed by atoms with Crippen LogP contribution < -0.4 is 5.32 Å². The van der Waals surface area contributed by atoms with E-state index in [0.29, 0.717) is 31.6 Å². The normalized spacial score (nSPS) is 15.8. The van der Waals surface area contributed by atoms with Gasteiger partial charge in [0.05, 0.1) is 17.8 Å². The van der Waals surface area contributed by atoms with Gasteiger partial charge in [-0.3, -0.25) is 14.6 Å². The van der Waals surface area contributed by atoms with Gasteiger partial charge in [-0.1, -0.05) is 0 Å². The van der Waals surface area contributed by atoms with E-state index in [0.717, 1.165) is 5.69 Å². The molecule has 2 N–H and O–H groups in total. The summed E-state index contributed by atoms with van der Waals surface area (Å²) in [5, 5.41) is 21.0. The van der Waals surface area contributed by atoms with Crippen molar-refractivity contribution in [3.8, 4) is 6.07 Å². The summed E-state index contributed by atoms with van der Waals surface area (Å²) < 4.78 is 0. The molecule has 0 atom stereocenters. The Morgan fingerprint density at radius 2 is 2.13 bits per heavy atom. The second-order valence-corrected chi connectivity index (χ2v) is 5.41. The van der Waals surface area contributed by atoms with E-state index in [-0.39, 0.29) is 11.5 Å². The molecule has 0 radical (unpaired) electrons. The number of amides is 1. The SMILES string of the molecule is Cc1ccc(N/C=C(/C#N)C(=O)N2CCC(C(=O)O)CC2)cn1. The summed E-state index contributed by atoms with van der Waals surface area (Å²) in [5.41, 5.74) is 1.54. The molecule has 2 rings (SSSR count). The van der Waals surface area contributed by atoms with Gasteiger partial charge in [-0.25, -0.2) is 0 Å². The Morgan fingerprint density at radius 1 is 1.43 bits per heavy atom. The zero-order valence-electron chi connectivity index (χ0n) is 12.8. The van der Waals surface area contributed by atoms with Crippen LogP contribution >= 0.6 is 0 Å². The molecule has 2 heterocycles. The van der Waals surface area contributed by atoms with Crippen molar-refractivity contribution >= 4 is 17.6 Å². The molecule has 0 aliphatic carbocycles. The number of carboxylic acid groups (broad SMARTS) is 1. The fraction of sp³-hybridized carbons (Fsp3) is 0.375. The molecule has 1 fully saturated rings. The largest absolute Gasteiger partial charge is 0.481 e. The highest BCUT2D eigenvalue weighted by atomic mass is 16.4. The Bertz CT molecular complexity index is 653. The van der Waals surface area contributed by atoms with Crippen LogP contribution in [-0.4, -0.2) is 40.0 Å².